The number of ether oxygens (including phenoxy) is 1. The van der Waals surface area contributed by atoms with Gasteiger partial charge in [0.1, 0.15) is 11.5 Å². The first-order valence-corrected chi connectivity index (χ1v) is 16.9. The molecule has 216 valence electrons. The van der Waals surface area contributed by atoms with E-state index in [0.29, 0.717) is 0 Å². The molecular weight excluding hydrogens is 544 g/mol. The molecule has 0 unspecified atom stereocenters. The van der Waals surface area contributed by atoms with Crippen LogP contribution in [0.3, 0.4) is 0 Å². The van der Waals surface area contributed by atoms with E-state index in [4.69, 9.17) is 4.74 Å². The van der Waals surface area contributed by atoms with Crippen molar-refractivity contribution in [2.24, 2.45) is 23.7 Å². The van der Waals surface area contributed by atoms with E-state index in [1.807, 2.05) is 6.07 Å². The van der Waals surface area contributed by atoms with Gasteiger partial charge in [0.05, 0.1) is 0 Å². The summed E-state index contributed by atoms with van der Waals surface area (Å²) in [5, 5.41) is 2.45. The second kappa shape index (κ2) is 8.76. The predicted octanol–water partition coefficient (Wildman–Crippen LogP) is 11.7. The molecule has 6 aromatic rings. The van der Waals surface area contributed by atoms with Crippen molar-refractivity contribution in [3.63, 3.8) is 0 Å². The number of fused-ring (bicyclic) bond motifs is 5. The van der Waals surface area contributed by atoms with Crippen molar-refractivity contribution < 1.29 is 4.74 Å². The second-order valence-corrected chi connectivity index (χ2v) is 14.5. The molecule has 0 atom stereocenters. The lowest BCUT2D eigenvalue weighted by atomic mass is 9.43. The molecule has 1 aliphatic heterocycles. The first-order chi connectivity index (χ1) is 22.3. The molecule has 1 heteroatoms. The molecule has 6 aromatic carbocycles. The number of rotatable bonds is 2. The summed E-state index contributed by atoms with van der Waals surface area (Å²) in [6.07, 6.45) is 7.18. The molecule has 0 amide bonds. The predicted molar refractivity (Wildman–Crippen MR) is 184 cm³/mol. The second-order valence-electron chi connectivity index (χ2n) is 14.5. The van der Waals surface area contributed by atoms with Gasteiger partial charge in [-0.05, 0) is 123 Å². The van der Waals surface area contributed by atoms with Crippen LogP contribution in [0.2, 0.25) is 0 Å². The van der Waals surface area contributed by atoms with Crippen LogP contribution in [-0.2, 0) is 5.41 Å². The molecule has 1 heterocycles. The summed E-state index contributed by atoms with van der Waals surface area (Å²) in [6.45, 7) is 0. The van der Waals surface area contributed by atoms with E-state index in [9.17, 15) is 0 Å². The number of hydrogen-bond donors (Lipinski definition) is 0. The van der Waals surface area contributed by atoms with Crippen molar-refractivity contribution >= 4 is 10.8 Å². The summed E-state index contributed by atoms with van der Waals surface area (Å²) < 4.78 is 6.37. The minimum Gasteiger partial charge on any atom is -0.456 e. The van der Waals surface area contributed by atoms with Crippen LogP contribution in [0.15, 0.2) is 121 Å². The van der Waals surface area contributed by atoms with Crippen LogP contribution in [0.5, 0.6) is 11.5 Å². The zero-order valence-electron chi connectivity index (χ0n) is 25.3. The van der Waals surface area contributed by atoms with Crippen molar-refractivity contribution in [1.82, 2.24) is 0 Å². The zero-order valence-corrected chi connectivity index (χ0v) is 25.3. The van der Waals surface area contributed by atoms with Crippen molar-refractivity contribution in [2.75, 3.05) is 0 Å². The Labute approximate surface area is 264 Å². The fourth-order valence-corrected chi connectivity index (χ4v) is 11.1. The Balaban J connectivity index is 1.05. The monoisotopic (exact) mass is 578 g/mol. The van der Waals surface area contributed by atoms with E-state index in [-0.39, 0.29) is 5.41 Å². The Kier molecular flexibility index (Phi) is 4.80. The summed E-state index contributed by atoms with van der Waals surface area (Å²) in [4.78, 5) is 0. The molecule has 4 bridgehead atoms. The molecule has 1 nitrogen and oxygen atoms in total. The lowest BCUT2D eigenvalue weighted by Gasteiger charge is -2.61. The molecule has 1 spiro atoms. The lowest BCUT2D eigenvalue weighted by molar-refractivity contribution is -0.0399. The van der Waals surface area contributed by atoms with Crippen LogP contribution in [0.1, 0.15) is 43.2 Å². The van der Waals surface area contributed by atoms with Gasteiger partial charge in [0, 0.05) is 16.4 Å². The molecule has 4 fully saturated rings. The molecule has 0 saturated heterocycles. The molecule has 6 aliphatic rings. The van der Waals surface area contributed by atoms with E-state index < -0.39 is 0 Å². The minimum atomic E-state index is 0.208. The standard InChI is InChI=1S/C44H34O/c1-3-12-38-37(8-1)42-33(9-6-13-39(42)44(38)30-22-26-21-27(24-30)25-31(44)23-26)29-17-15-28(16-18-29)32-19-20-41-43-35(32)10-5-11-36(43)34-7-2-4-14-40(34)45-41/h1-20,26-27,30-31H,21-25H2. The van der Waals surface area contributed by atoms with E-state index in [1.54, 1.807) is 11.1 Å². The Morgan fingerprint density at radius 2 is 1.07 bits per heavy atom. The van der Waals surface area contributed by atoms with Gasteiger partial charge < -0.3 is 4.74 Å². The topological polar surface area (TPSA) is 9.23 Å². The largest absolute Gasteiger partial charge is 0.456 e. The van der Waals surface area contributed by atoms with E-state index in [1.165, 1.54) is 87.4 Å². The average molecular weight is 579 g/mol. The van der Waals surface area contributed by atoms with Crippen LogP contribution in [0.25, 0.3) is 55.3 Å². The highest BCUT2D eigenvalue weighted by molar-refractivity contribution is 6.10. The first kappa shape index (κ1) is 24.7. The van der Waals surface area contributed by atoms with E-state index >= 15 is 0 Å². The Morgan fingerprint density at radius 3 is 1.87 bits per heavy atom. The number of benzene rings is 6. The van der Waals surface area contributed by atoms with Gasteiger partial charge in [-0.1, -0.05) is 109 Å². The number of hydrogen-bond acceptors (Lipinski definition) is 1. The van der Waals surface area contributed by atoms with Crippen molar-refractivity contribution in [3.05, 3.63) is 132 Å². The van der Waals surface area contributed by atoms with Crippen LogP contribution in [0.4, 0.5) is 0 Å². The highest BCUT2D eigenvalue weighted by atomic mass is 16.5. The van der Waals surface area contributed by atoms with Gasteiger partial charge in [0.2, 0.25) is 0 Å². The fourth-order valence-electron chi connectivity index (χ4n) is 11.1. The van der Waals surface area contributed by atoms with Gasteiger partial charge in [-0.25, -0.2) is 0 Å². The molecular formula is C44H34O. The smallest absolute Gasteiger partial charge is 0.135 e. The average Bonchev–Trinajstić information content (AvgIpc) is 3.38. The van der Waals surface area contributed by atoms with Gasteiger partial charge in [-0.15, -0.1) is 0 Å². The normalized spacial score (nSPS) is 26.0. The fraction of sp³-hybridized carbons (Fsp3) is 0.227. The van der Waals surface area contributed by atoms with Crippen molar-refractivity contribution in [3.8, 4) is 56.0 Å². The van der Waals surface area contributed by atoms with E-state index in [2.05, 4.69) is 115 Å². The molecule has 0 aromatic heterocycles. The Bertz CT molecular complexity index is 2170. The zero-order chi connectivity index (χ0) is 29.3. The molecule has 45 heavy (non-hydrogen) atoms. The molecule has 0 radical (unpaired) electrons. The number of para-hydroxylation sites is 1. The maximum Gasteiger partial charge on any atom is 0.135 e. The highest BCUT2D eigenvalue weighted by Crippen LogP contribution is 2.70. The van der Waals surface area contributed by atoms with Crippen LogP contribution >= 0.6 is 0 Å². The minimum absolute atomic E-state index is 0.208. The third-order valence-corrected chi connectivity index (χ3v) is 12.5. The summed E-state index contributed by atoms with van der Waals surface area (Å²) in [6, 6.07) is 45.5. The molecule has 5 aliphatic carbocycles. The summed E-state index contributed by atoms with van der Waals surface area (Å²) in [5.74, 6) is 5.37. The van der Waals surface area contributed by atoms with Gasteiger partial charge in [0.25, 0.3) is 0 Å². The Hall–Kier alpha value is -4.62. The summed E-state index contributed by atoms with van der Waals surface area (Å²) in [7, 11) is 0. The summed E-state index contributed by atoms with van der Waals surface area (Å²) >= 11 is 0. The van der Waals surface area contributed by atoms with Gasteiger partial charge >= 0.3 is 0 Å². The maximum absolute atomic E-state index is 6.37. The first-order valence-electron chi connectivity index (χ1n) is 16.9. The van der Waals surface area contributed by atoms with Gasteiger partial charge in [-0.2, -0.15) is 0 Å². The van der Waals surface area contributed by atoms with Crippen molar-refractivity contribution in [1.29, 1.82) is 0 Å². The van der Waals surface area contributed by atoms with Gasteiger partial charge in [-0.3, -0.25) is 0 Å². The third-order valence-electron chi connectivity index (χ3n) is 12.5. The lowest BCUT2D eigenvalue weighted by Crippen LogP contribution is -2.55. The SMILES string of the molecule is c1ccc2c(c1)Oc1ccc(-c3ccc(-c4cccc5c4-c4ccccc4C54C5CC6CC(C5)CC4C6)cc3)c3cccc-2c13. The van der Waals surface area contributed by atoms with E-state index in [0.717, 1.165) is 35.2 Å². The molecule has 4 saturated carbocycles. The van der Waals surface area contributed by atoms with Crippen LogP contribution in [0, 0.1) is 23.7 Å². The molecule has 0 N–H and O–H groups in total. The summed E-state index contributed by atoms with van der Waals surface area (Å²) in [5.41, 5.74) is 14.1. The van der Waals surface area contributed by atoms with Crippen LogP contribution < -0.4 is 4.74 Å². The Morgan fingerprint density at radius 1 is 0.444 bits per heavy atom. The maximum atomic E-state index is 6.37. The third kappa shape index (κ3) is 3.14. The van der Waals surface area contributed by atoms with Crippen molar-refractivity contribution in [2.45, 2.75) is 37.5 Å². The van der Waals surface area contributed by atoms with Crippen LogP contribution in [-0.4, -0.2) is 0 Å². The van der Waals surface area contributed by atoms with Gasteiger partial charge in [0.15, 0.2) is 0 Å². The quantitative estimate of drug-likeness (QED) is 0.198. The highest BCUT2D eigenvalue weighted by Gasteiger charge is 2.61. The molecule has 12 rings (SSSR count).